The number of methoxy groups -OCH3 is 2. The molecular formula is C16H14ClF2N5O2. The van der Waals surface area contributed by atoms with Crippen LogP contribution < -0.4 is 9.47 Å². The second kappa shape index (κ2) is 6.31. The van der Waals surface area contributed by atoms with E-state index in [1.54, 1.807) is 6.07 Å². The molecule has 0 amide bonds. The Morgan fingerprint density at radius 3 is 2.69 bits per heavy atom. The SMILES string of the molecule is COc1ncc(-c2cc([C@H]3C[C@@H]3C(F)F)c3ncc(Cl)n3n2)c(OC)n1. The molecular weight excluding hydrogens is 368 g/mol. The molecule has 0 saturated heterocycles. The summed E-state index contributed by atoms with van der Waals surface area (Å²) in [6, 6.07) is 1.87. The first-order valence-electron chi connectivity index (χ1n) is 7.81. The van der Waals surface area contributed by atoms with E-state index in [4.69, 9.17) is 21.1 Å². The summed E-state index contributed by atoms with van der Waals surface area (Å²) in [5.74, 6) is -0.714. The van der Waals surface area contributed by atoms with E-state index in [-0.39, 0.29) is 23.0 Å². The normalized spacial score (nSPS) is 19.2. The molecule has 3 aromatic heterocycles. The van der Waals surface area contributed by atoms with Crippen LogP contribution in [0.3, 0.4) is 0 Å². The van der Waals surface area contributed by atoms with Crippen LogP contribution in [0.25, 0.3) is 16.9 Å². The van der Waals surface area contributed by atoms with Crippen molar-refractivity contribution in [1.29, 1.82) is 0 Å². The van der Waals surface area contributed by atoms with Gasteiger partial charge in [-0.2, -0.15) is 10.1 Å². The number of hydrogen-bond donors (Lipinski definition) is 0. The first kappa shape index (κ1) is 16.9. The Bertz CT molecular complexity index is 981. The third-order valence-electron chi connectivity index (χ3n) is 4.40. The van der Waals surface area contributed by atoms with Gasteiger partial charge < -0.3 is 9.47 Å². The minimum atomic E-state index is -2.37. The third-order valence-corrected chi connectivity index (χ3v) is 4.66. The number of imidazole rings is 1. The van der Waals surface area contributed by atoms with Gasteiger partial charge in [0.2, 0.25) is 12.3 Å². The van der Waals surface area contributed by atoms with Crippen LogP contribution in [0.5, 0.6) is 11.9 Å². The number of alkyl halides is 2. The zero-order valence-electron chi connectivity index (χ0n) is 13.9. The highest BCUT2D eigenvalue weighted by Gasteiger charge is 2.46. The predicted octanol–water partition coefficient (Wildman–Crippen LogP) is 3.23. The molecule has 0 spiro atoms. The maximum atomic E-state index is 13.1. The molecule has 136 valence electrons. The molecule has 0 aliphatic heterocycles. The lowest BCUT2D eigenvalue weighted by Gasteiger charge is -2.11. The summed E-state index contributed by atoms with van der Waals surface area (Å²) < 4.78 is 37.8. The van der Waals surface area contributed by atoms with Crippen molar-refractivity contribution < 1.29 is 18.3 Å². The van der Waals surface area contributed by atoms with E-state index in [1.165, 1.54) is 31.1 Å². The van der Waals surface area contributed by atoms with Gasteiger partial charge in [-0.3, -0.25) is 0 Å². The van der Waals surface area contributed by atoms with Gasteiger partial charge in [-0.15, -0.1) is 0 Å². The van der Waals surface area contributed by atoms with Crippen LogP contribution in [0, 0.1) is 5.92 Å². The topological polar surface area (TPSA) is 74.4 Å². The van der Waals surface area contributed by atoms with E-state index < -0.39 is 12.3 Å². The molecule has 3 heterocycles. The van der Waals surface area contributed by atoms with Crippen molar-refractivity contribution in [2.24, 2.45) is 5.92 Å². The molecule has 2 atom stereocenters. The van der Waals surface area contributed by atoms with E-state index in [0.717, 1.165) is 0 Å². The van der Waals surface area contributed by atoms with Crippen molar-refractivity contribution in [3.05, 3.63) is 29.2 Å². The quantitative estimate of drug-likeness (QED) is 0.675. The fraction of sp³-hybridized carbons (Fsp3) is 0.375. The zero-order valence-corrected chi connectivity index (χ0v) is 14.6. The minimum absolute atomic E-state index is 0.146. The van der Waals surface area contributed by atoms with Crippen LogP contribution in [0.4, 0.5) is 8.78 Å². The molecule has 1 fully saturated rings. The maximum absolute atomic E-state index is 13.1. The monoisotopic (exact) mass is 381 g/mol. The summed E-state index contributed by atoms with van der Waals surface area (Å²) >= 11 is 6.16. The molecule has 0 bridgehead atoms. The summed E-state index contributed by atoms with van der Waals surface area (Å²) in [5, 5.41) is 4.73. The average Bonchev–Trinajstić information content (AvgIpc) is 3.38. The molecule has 1 saturated carbocycles. The number of ether oxygens (including phenoxy) is 2. The maximum Gasteiger partial charge on any atom is 0.319 e. The van der Waals surface area contributed by atoms with Crippen molar-refractivity contribution in [1.82, 2.24) is 24.6 Å². The fourth-order valence-electron chi connectivity index (χ4n) is 3.00. The van der Waals surface area contributed by atoms with Crippen LogP contribution in [0.15, 0.2) is 18.5 Å². The van der Waals surface area contributed by atoms with Gasteiger partial charge in [0.15, 0.2) is 10.8 Å². The van der Waals surface area contributed by atoms with Crippen LogP contribution >= 0.6 is 11.6 Å². The van der Waals surface area contributed by atoms with Gasteiger partial charge in [-0.1, -0.05) is 11.6 Å². The Balaban J connectivity index is 1.88. The average molecular weight is 382 g/mol. The van der Waals surface area contributed by atoms with Crippen molar-refractivity contribution in [3.63, 3.8) is 0 Å². The smallest absolute Gasteiger partial charge is 0.319 e. The Kier molecular flexibility index (Phi) is 4.10. The van der Waals surface area contributed by atoms with Crippen LogP contribution in [0.2, 0.25) is 5.15 Å². The summed E-state index contributed by atoms with van der Waals surface area (Å²) in [7, 11) is 2.91. The minimum Gasteiger partial charge on any atom is -0.480 e. The molecule has 10 heteroatoms. The molecule has 4 rings (SSSR count). The second-order valence-corrected chi connectivity index (χ2v) is 6.31. The Morgan fingerprint density at radius 1 is 1.23 bits per heavy atom. The van der Waals surface area contributed by atoms with E-state index in [0.29, 0.717) is 28.9 Å². The molecule has 0 N–H and O–H groups in total. The predicted molar refractivity (Wildman–Crippen MR) is 89.0 cm³/mol. The molecule has 26 heavy (non-hydrogen) atoms. The van der Waals surface area contributed by atoms with Crippen molar-refractivity contribution in [2.45, 2.75) is 18.8 Å². The number of fused-ring (bicyclic) bond motifs is 1. The highest BCUT2D eigenvalue weighted by Crippen LogP contribution is 2.52. The van der Waals surface area contributed by atoms with Gasteiger partial charge in [0.1, 0.15) is 0 Å². The van der Waals surface area contributed by atoms with Crippen molar-refractivity contribution in [2.75, 3.05) is 14.2 Å². The summed E-state index contributed by atoms with van der Waals surface area (Å²) in [6.07, 6.45) is 0.974. The van der Waals surface area contributed by atoms with Crippen molar-refractivity contribution >= 4 is 17.2 Å². The first-order chi connectivity index (χ1) is 12.5. The lowest BCUT2D eigenvalue weighted by atomic mass is 10.1. The second-order valence-electron chi connectivity index (χ2n) is 5.92. The fourth-order valence-corrected chi connectivity index (χ4v) is 3.17. The van der Waals surface area contributed by atoms with E-state index in [2.05, 4.69) is 20.1 Å². The molecule has 0 radical (unpaired) electrons. The highest BCUT2D eigenvalue weighted by molar-refractivity contribution is 6.29. The van der Waals surface area contributed by atoms with Crippen LogP contribution in [-0.4, -0.2) is 45.2 Å². The lowest BCUT2D eigenvalue weighted by molar-refractivity contribution is 0.120. The first-order valence-corrected chi connectivity index (χ1v) is 8.19. The summed E-state index contributed by atoms with van der Waals surface area (Å²) in [6.45, 7) is 0. The standard InChI is InChI=1S/C16H14ClF2N5O2/c1-25-15-10(5-21-16(22-15)26-2)11-4-9(7-3-8(7)13(18)19)14-20-6-12(17)24(14)23-11/h4-8,13H,3H2,1-2H3/t7-,8-/m0/s1. The largest absolute Gasteiger partial charge is 0.480 e. The number of halogens is 3. The van der Waals surface area contributed by atoms with Gasteiger partial charge in [0.25, 0.3) is 0 Å². The Hall–Kier alpha value is -2.55. The van der Waals surface area contributed by atoms with Crippen LogP contribution in [-0.2, 0) is 0 Å². The summed E-state index contributed by atoms with van der Waals surface area (Å²) in [5.41, 5.74) is 2.09. The number of rotatable bonds is 5. The van der Waals surface area contributed by atoms with E-state index in [1.807, 2.05) is 0 Å². The molecule has 3 aromatic rings. The molecule has 1 aliphatic carbocycles. The van der Waals surface area contributed by atoms with Crippen molar-refractivity contribution in [3.8, 4) is 23.1 Å². The summed E-state index contributed by atoms with van der Waals surface area (Å²) in [4.78, 5) is 12.4. The Morgan fingerprint density at radius 2 is 2.04 bits per heavy atom. The molecule has 1 aliphatic rings. The van der Waals surface area contributed by atoms with Gasteiger partial charge in [0.05, 0.1) is 31.7 Å². The molecule has 0 unspecified atom stereocenters. The van der Waals surface area contributed by atoms with Gasteiger partial charge in [-0.05, 0) is 18.4 Å². The van der Waals surface area contributed by atoms with Gasteiger partial charge in [-0.25, -0.2) is 23.3 Å². The highest BCUT2D eigenvalue weighted by atomic mass is 35.5. The van der Waals surface area contributed by atoms with Gasteiger partial charge >= 0.3 is 6.01 Å². The number of aromatic nitrogens is 5. The number of nitrogens with zero attached hydrogens (tertiary/aromatic N) is 5. The number of hydrogen-bond acceptors (Lipinski definition) is 6. The lowest BCUT2D eigenvalue weighted by Crippen LogP contribution is -2.04. The molecule has 0 aromatic carbocycles. The molecule has 7 nitrogen and oxygen atoms in total. The van der Waals surface area contributed by atoms with E-state index in [9.17, 15) is 8.78 Å². The zero-order chi connectivity index (χ0) is 18.4. The third kappa shape index (κ3) is 2.72. The Labute approximate surface area is 151 Å². The van der Waals surface area contributed by atoms with E-state index >= 15 is 0 Å². The van der Waals surface area contributed by atoms with Crippen LogP contribution in [0.1, 0.15) is 17.9 Å². The van der Waals surface area contributed by atoms with Gasteiger partial charge in [0, 0.05) is 17.7 Å².